The Balaban J connectivity index is 2.25. The third kappa shape index (κ3) is 3.33. The molecule has 1 N–H and O–H groups in total. The number of rotatable bonds is 4. The van der Waals surface area contributed by atoms with Crippen LogP contribution in [0.5, 0.6) is 0 Å². The predicted molar refractivity (Wildman–Crippen MR) is 50.7 cm³/mol. The fourth-order valence-corrected chi connectivity index (χ4v) is 1.31. The van der Waals surface area contributed by atoms with Gasteiger partial charge in [-0.25, -0.2) is 0 Å². The number of carbonyl (C=O) groups is 2. The number of nitrogens with zero attached hydrogens (tertiary/aromatic N) is 1. The summed E-state index contributed by atoms with van der Waals surface area (Å²) in [6, 6.07) is 0. The van der Waals surface area contributed by atoms with E-state index in [1.165, 1.54) is 0 Å². The van der Waals surface area contributed by atoms with Gasteiger partial charge in [-0.05, 0) is 6.92 Å². The molecule has 1 rings (SSSR count). The standard InChI is InChI=1S/C9H16N2O3/c1-2-14-6-3-9(13)11-5-4-10-8(12)7-11/h2-7H2,1H3,(H,10,12). The van der Waals surface area contributed by atoms with E-state index in [0.717, 1.165) is 0 Å². The lowest BCUT2D eigenvalue weighted by Gasteiger charge is -2.26. The van der Waals surface area contributed by atoms with Crippen LogP contribution in [0.25, 0.3) is 0 Å². The highest BCUT2D eigenvalue weighted by Crippen LogP contribution is 1.98. The van der Waals surface area contributed by atoms with Crippen LogP contribution < -0.4 is 5.32 Å². The van der Waals surface area contributed by atoms with Gasteiger partial charge >= 0.3 is 0 Å². The van der Waals surface area contributed by atoms with Crippen LogP contribution in [-0.2, 0) is 14.3 Å². The Morgan fingerprint density at radius 1 is 1.64 bits per heavy atom. The SMILES string of the molecule is CCOCCC(=O)N1CCNC(=O)C1. The highest BCUT2D eigenvalue weighted by atomic mass is 16.5. The lowest BCUT2D eigenvalue weighted by Crippen LogP contribution is -2.50. The van der Waals surface area contributed by atoms with E-state index in [4.69, 9.17) is 4.74 Å². The highest BCUT2D eigenvalue weighted by molar-refractivity contribution is 5.85. The molecule has 1 fully saturated rings. The summed E-state index contributed by atoms with van der Waals surface area (Å²) in [4.78, 5) is 24.0. The third-order valence-electron chi connectivity index (χ3n) is 2.06. The van der Waals surface area contributed by atoms with Crippen molar-refractivity contribution in [2.45, 2.75) is 13.3 Å². The molecule has 0 spiro atoms. The third-order valence-corrected chi connectivity index (χ3v) is 2.06. The van der Waals surface area contributed by atoms with Crippen molar-refractivity contribution in [3.8, 4) is 0 Å². The quantitative estimate of drug-likeness (QED) is 0.615. The molecule has 5 heteroatoms. The zero-order chi connectivity index (χ0) is 10.4. The number of nitrogens with one attached hydrogen (secondary N) is 1. The highest BCUT2D eigenvalue weighted by Gasteiger charge is 2.20. The van der Waals surface area contributed by atoms with Crippen LogP contribution in [0.15, 0.2) is 0 Å². The summed E-state index contributed by atoms with van der Waals surface area (Å²) >= 11 is 0. The van der Waals surface area contributed by atoms with Crippen molar-refractivity contribution in [2.75, 3.05) is 32.8 Å². The van der Waals surface area contributed by atoms with Crippen molar-refractivity contribution in [1.82, 2.24) is 10.2 Å². The first-order valence-corrected chi connectivity index (χ1v) is 4.86. The fourth-order valence-electron chi connectivity index (χ4n) is 1.31. The molecule has 0 aromatic heterocycles. The molecular formula is C9H16N2O3. The maximum absolute atomic E-state index is 11.5. The van der Waals surface area contributed by atoms with E-state index in [1.54, 1.807) is 4.90 Å². The average Bonchev–Trinajstić information content (AvgIpc) is 2.18. The van der Waals surface area contributed by atoms with E-state index < -0.39 is 0 Å². The van der Waals surface area contributed by atoms with Crippen molar-refractivity contribution in [3.63, 3.8) is 0 Å². The van der Waals surface area contributed by atoms with Crippen molar-refractivity contribution >= 4 is 11.8 Å². The van der Waals surface area contributed by atoms with Crippen molar-refractivity contribution in [3.05, 3.63) is 0 Å². The lowest BCUT2D eigenvalue weighted by atomic mass is 10.3. The van der Waals surface area contributed by atoms with E-state index >= 15 is 0 Å². The zero-order valence-electron chi connectivity index (χ0n) is 8.41. The van der Waals surface area contributed by atoms with Crippen molar-refractivity contribution < 1.29 is 14.3 Å². The Labute approximate surface area is 83.4 Å². The van der Waals surface area contributed by atoms with E-state index in [0.29, 0.717) is 32.7 Å². The average molecular weight is 200 g/mol. The molecule has 80 valence electrons. The summed E-state index contributed by atoms with van der Waals surface area (Å²) in [6.45, 7) is 4.29. The number of piperazine rings is 1. The molecule has 0 radical (unpaired) electrons. The molecule has 0 saturated carbocycles. The van der Waals surface area contributed by atoms with Crippen LogP contribution in [0, 0.1) is 0 Å². The largest absolute Gasteiger partial charge is 0.381 e. The van der Waals surface area contributed by atoms with Crippen LogP contribution in [0.1, 0.15) is 13.3 Å². The fraction of sp³-hybridized carbons (Fsp3) is 0.778. The van der Waals surface area contributed by atoms with Crippen molar-refractivity contribution in [1.29, 1.82) is 0 Å². The molecule has 0 aromatic carbocycles. The van der Waals surface area contributed by atoms with Gasteiger partial charge in [-0.1, -0.05) is 0 Å². The van der Waals surface area contributed by atoms with Gasteiger partial charge in [0.25, 0.3) is 0 Å². The van der Waals surface area contributed by atoms with E-state index in [9.17, 15) is 9.59 Å². The van der Waals surface area contributed by atoms with Gasteiger partial charge in [-0.15, -0.1) is 0 Å². The number of amides is 2. The lowest BCUT2D eigenvalue weighted by molar-refractivity contribution is -0.139. The molecule has 5 nitrogen and oxygen atoms in total. The molecule has 0 aromatic rings. The van der Waals surface area contributed by atoms with Crippen LogP contribution in [0.3, 0.4) is 0 Å². The predicted octanol–water partition coefficient (Wildman–Crippen LogP) is -0.629. The first kappa shape index (κ1) is 11.0. The minimum Gasteiger partial charge on any atom is -0.381 e. The molecule has 1 aliphatic rings. The molecular weight excluding hydrogens is 184 g/mol. The summed E-state index contributed by atoms with van der Waals surface area (Å²) < 4.78 is 5.07. The van der Waals surface area contributed by atoms with Crippen LogP contribution >= 0.6 is 0 Å². The Bertz CT molecular complexity index is 218. The van der Waals surface area contributed by atoms with Crippen molar-refractivity contribution in [2.24, 2.45) is 0 Å². The second-order valence-electron chi connectivity index (χ2n) is 3.11. The van der Waals surface area contributed by atoms with Gasteiger partial charge < -0.3 is 15.0 Å². The zero-order valence-corrected chi connectivity index (χ0v) is 8.41. The number of hydrogen-bond acceptors (Lipinski definition) is 3. The summed E-state index contributed by atoms with van der Waals surface area (Å²) in [5, 5.41) is 2.67. The second kappa shape index (κ2) is 5.59. The van der Waals surface area contributed by atoms with E-state index in [2.05, 4.69) is 5.32 Å². The minimum atomic E-state index is -0.0824. The summed E-state index contributed by atoms with van der Waals surface area (Å²) in [5.74, 6) is -0.0886. The first-order valence-electron chi connectivity index (χ1n) is 4.86. The van der Waals surface area contributed by atoms with E-state index in [-0.39, 0.29) is 18.4 Å². The van der Waals surface area contributed by atoms with E-state index in [1.807, 2.05) is 6.92 Å². The number of ether oxygens (including phenoxy) is 1. The molecule has 1 aliphatic heterocycles. The Morgan fingerprint density at radius 2 is 2.43 bits per heavy atom. The smallest absolute Gasteiger partial charge is 0.239 e. The van der Waals surface area contributed by atoms with Crippen LogP contribution in [0.4, 0.5) is 0 Å². The Hall–Kier alpha value is -1.10. The topological polar surface area (TPSA) is 58.6 Å². The maximum atomic E-state index is 11.5. The van der Waals surface area contributed by atoms with Gasteiger partial charge in [0.2, 0.25) is 11.8 Å². The van der Waals surface area contributed by atoms with Gasteiger partial charge in [-0.3, -0.25) is 9.59 Å². The van der Waals surface area contributed by atoms with Gasteiger partial charge in [0.1, 0.15) is 0 Å². The summed E-state index contributed by atoms with van der Waals surface area (Å²) in [6.07, 6.45) is 0.362. The maximum Gasteiger partial charge on any atom is 0.239 e. The monoisotopic (exact) mass is 200 g/mol. The molecule has 14 heavy (non-hydrogen) atoms. The van der Waals surface area contributed by atoms with Gasteiger partial charge in [-0.2, -0.15) is 0 Å². The molecule has 0 bridgehead atoms. The molecule has 2 amide bonds. The van der Waals surface area contributed by atoms with Crippen LogP contribution in [-0.4, -0.2) is 49.6 Å². The van der Waals surface area contributed by atoms with Gasteiger partial charge in [0.05, 0.1) is 19.6 Å². The van der Waals surface area contributed by atoms with Crippen LogP contribution in [0.2, 0.25) is 0 Å². The number of carbonyl (C=O) groups excluding carboxylic acids is 2. The van der Waals surface area contributed by atoms with Gasteiger partial charge in [0.15, 0.2) is 0 Å². The molecule has 0 atom stereocenters. The summed E-state index contributed by atoms with van der Waals surface area (Å²) in [7, 11) is 0. The Morgan fingerprint density at radius 3 is 3.07 bits per heavy atom. The summed E-state index contributed by atoms with van der Waals surface area (Å²) in [5.41, 5.74) is 0. The molecule has 0 aliphatic carbocycles. The first-order chi connectivity index (χ1) is 6.74. The molecule has 1 heterocycles. The minimum absolute atomic E-state index is 0.00620. The Kier molecular flexibility index (Phi) is 4.39. The number of hydrogen-bond donors (Lipinski definition) is 1. The van der Waals surface area contributed by atoms with Gasteiger partial charge in [0, 0.05) is 19.7 Å². The molecule has 0 unspecified atom stereocenters. The normalized spacial score (nSPS) is 16.6. The molecule has 1 saturated heterocycles. The second-order valence-corrected chi connectivity index (χ2v) is 3.11.